The minimum atomic E-state index is -0.473. The van der Waals surface area contributed by atoms with Crippen molar-refractivity contribution in [1.82, 2.24) is 44.9 Å². The topological polar surface area (TPSA) is 134 Å². The molecule has 0 bridgehead atoms. The zero-order valence-corrected chi connectivity index (χ0v) is 17.4. The predicted octanol–water partition coefficient (Wildman–Crippen LogP) is 2.24. The number of rotatable bonds is 3. The summed E-state index contributed by atoms with van der Waals surface area (Å²) < 4.78 is 7.52. The van der Waals surface area contributed by atoms with Crippen LogP contribution in [0.25, 0.3) is 17.1 Å². The lowest BCUT2D eigenvalue weighted by Crippen LogP contribution is -2.41. The fourth-order valence-corrected chi connectivity index (χ4v) is 4.20. The molecule has 5 aromatic heterocycles. The van der Waals surface area contributed by atoms with Gasteiger partial charge in [0.15, 0.2) is 5.69 Å². The lowest BCUT2D eigenvalue weighted by molar-refractivity contribution is 0.0646. The molecule has 32 heavy (non-hydrogen) atoms. The van der Waals surface area contributed by atoms with Crippen molar-refractivity contribution in [3.63, 3.8) is 0 Å². The Hall–Kier alpha value is -4.28. The lowest BCUT2D eigenvalue weighted by atomic mass is 9.99. The predicted molar refractivity (Wildman–Crippen MR) is 112 cm³/mol. The molecule has 0 saturated carbocycles. The van der Waals surface area contributed by atoms with Crippen molar-refractivity contribution in [3.05, 3.63) is 71.0 Å². The van der Waals surface area contributed by atoms with Crippen LogP contribution in [-0.2, 0) is 6.42 Å². The van der Waals surface area contributed by atoms with E-state index in [0.717, 1.165) is 33.7 Å². The minimum Gasteiger partial charge on any atom is -0.411 e. The summed E-state index contributed by atoms with van der Waals surface area (Å²) in [4.78, 5) is 22.9. The van der Waals surface area contributed by atoms with Gasteiger partial charge < -0.3 is 14.3 Å². The van der Waals surface area contributed by atoms with Crippen molar-refractivity contribution in [2.75, 3.05) is 6.54 Å². The first-order chi connectivity index (χ1) is 15.6. The molecule has 6 heterocycles. The second-order valence-electron chi connectivity index (χ2n) is 7.84. The summed E-state index contributed by atoms with van der Waals surface area (Å²) in [5.74, 6) is -0.264. The van der Waals surface area contributed by atoms with Crippen LogP contribution in [0.2, 0.25) is 0 Å². The van der Waals surface area contributed by atoms with E-state index in [4.69, 9.17) is 9.52 Å². The SMILES string of the molecule is Cc1c[nH]nc1-c1nnc(C(=O)N2CCc3[nH]cnc3[C@@H]2c2cc3c(C)cccn3n2)o1. The highest BCUT2D eigenvalue weighted by Gasteiger charge is 2.38. The van der Waals surface area contributed by atoms with Gasteiger partial charge in [-0.2, -0.15) is 10.2 Å². The van der Waals surface area contributed by atoms with Crippen molar-refractivity contribution in [2.24, 2.45) is 0 Å². The Bertz CT molecular complexity index is 1460. The largest absolute Gasteiger partial charge is 0.411 e. The third-order valence-electron chi connectivity index (χ3n) is 5.84. The molecule has 0 radical (unpaired) electrons. The molecule has 1 aliphatic rings. The van der Waals surface area contributed by atoms with E-state index in [2.05, 4.69) is 30.4 Å². The van der Waals surface area contributed by atoms with Crippen LogP contribution >= 0.6 is 0 Å². The number of hydrogen-bond acceptors (Lipinski definition) is 7. The van der Waals surface area contributed by atoms with Gasteiger partial charge in [0, 0.05) is 31.1 Å². The summed E-state index contributed by atoms with van der Waals surface area (Å²) in [5.41, 5.74) is 5.94. The summed E-state index contributed by atoms with van der Waals surface area (Å²) in [6, 6.07) is 5.50. The van der Waals surface area contributed by atoms with E-state index >= 15 is 0 Å². The van der Waals surface area contributed by atoms with E-state index in [0.29, 0.717) is 18.7 Å². The number of hydrogen-bond donors (Lipinski definition) is 2. The molecular weight excluding hydrogens is 410 g/mol. The van der Waals surface area contributed by atoms with Crippen LogP contribution in [0.1, 0.15) is 44.9 Å². The van der Waals surface area contributed by atoms with Crippen LogP contribution in [0, 0.1) is 13.8 Å². The molecule has 6 rings (SSSR count). The second-order valence-corrected chi connectivity index (χ2v) is 7.84. The Labute approximate surface area is 181 Å². The summed E-state index contributed by atoms with van der Waals surface area (Å²) in [5, 5.41) is 19.6. The van der Waals surface area contributed by atoms with Gasteiger partial charge in [-0.05, 0) is 37.1 Å². The number of aryl methyl sites for hydroxylation is 2. The molecule has 0 spiro atoms. The second kappa shape index (κ2) is 6.87. The van der Waals surface area contributed by atoms with E-state index in [9.17, 15) is 4.79 Å². The van der Waals surface area contributed by atoms with Gasteiger partial charge in [0.2, 0.25) is 0 Å². The highest BCUT2D eigenvalue weighted by atomic mass is 16.4. The number of carbonyl (C=O) groups excluding carboxylic acids is 1. The number of pyridine rings is 1. The lowest BCUT2D eigenvalue weighted by Gasteiger charge is -2.32. The van der Waals surface area contributed by atoms with E-state index in [1.165, 1.54) is 0 Å². The number of nitrogens with one attached hydrogen (secondary N) is 2. The fraction of sp³-hybridized carbons (Fsp3) is 0.238. The molecule has 11 heteroatoms. The third kappa shape index (κ3) is 2.74. The molecule has 0 fully saturated rings. The van der Waals surface area contributed by atoms with E-state index in [-0.39, 0.29) is 17.7 Å². The van der Waals surface area contributed by atoms with Crippen molar-refractivity contribution < 1.29 is 9.21 Å². The van der Waals surface area contributed by atoms with Gasteiger partial charge in [-0.1, -0.05) is 6.07 Å². The summed E-state index contributed by atoms with van der Waals surface area (Å²) in [7, 11) is 0. The molecule has 1 atom stereocenters. The first kappa shape index (κ1) is 18.5. The summed E-state index contributed by atoms with van der Waals surface area (Å²) in [6.45, 7) is 4.36. The minimum absolute atomic E-state index is 0.0914. The molecule has 0 aliphatic carbocycles. The average molecular weight is 429 g/mol. The first-order valence-corrected chi connectivity index (χ1v) is 10.2. The quantitative estimate of drug-likeness (QED) is 0.449. The first-order valence-electron chi connectivity index (χ1n) is 10.2. The number of fused-ring (bicyclic) bond motifs is 2. The van der Waals surface area contributed by atoms with Crippen molar-refractivity contribution in [1.29, 1.82) is 0 Å². The summed E-state index contributed by atoms with van der Waals surface area (Å²) >= 11 is 0. The van der Waals surface area contributed by atoms with Crippen LogP contribution in [0.4, 0.5) is 0 Å². The van der Waals surface area contributed by atoms with Gasteiger partial charge in [-0.15, -0.1) is 10.2 Å². The van der Waals surface area contributed by atoms with Crippen LogP contribution < -0.4 is 0 Å². The molecule has 1 amide bonds. The summed E-state index contributed by atoms with van der Waals surface area (Å²) in [6.07, 6.45) is 5.91. The van der Waals surface area contributed by atoms with Crippen molar-refractivity contribution in [2.45, 2.75) is 26.3 Å². The highest BCUT2D eigenvalue weighted by molar-refractivity contribution is 5.90. The molecule has 160 valence electrons. The average Bonchev–Trinajstić information content (AvgIpc) is 3.57. The molecule has 2 N–H and O–H groups in total. The maximum Gasteiger partial charge on any atom is 0.312 e. The van der Waals surface area contributed by atoms with E-state index in [1.54, 1.807) is 17.4 Å². The fourth-order valence-electron chi connectivity index (χ4n) is 4.20. The molecule has 0 aromatic carbocycles. The van der Waals surface area contributed by atoms with Crippen LogP contribution in [0.5, 0.6) is 0 Å². The van der Waals surface area contributed by atoms with Gasteiger partial charge in [-0.3, -0.25) is 9.89 Å². The van der Waals surface area contributed by atoms with Crippen LogP contribution in [0.15, 0.2) is 41.3 Å². The monoisotopic (exact) mass is 429 g/mol. The smallest absolute Gasteiger partial charge is 0.312 e. The number of nitrogens with zero attached hydrogens (tertiary/aromatic N) is 7. The Balaban J connectivity index is 1.42. The van der Waals surface area contributed by atoms with Crippen LogP contribution in [0.3, 0.4) is 0 Å². The van der Waals surface area contributed by atoms with E-state index in [1.807, 2.05) is 42.8 Å². The van der Waals surface area contributed by atoms with Gasteiger partial charge >= 0.3 is 11.8 Å². The maximum absolute atomic E-state index is 13.5. The van der Waals surface area contributed by atoms with E-state index < -0.39 is 6.04 Å². The number of aromatic nitrogens is 8. The number of carbonyl (C=O) groups is 1. The zero-order chi connectivity index (χ0) is 21.8. The van der Waals surface area contributed by atoms with Gasteiger partial charge in [0.05, 0.1) is 23.2 Å². The Morgan fingerprint density at radius 3 is 2.97 bits per heavy atom. The third-order valence-corrected chi connectivity index (χ3v) is 5.84. The number of aromatic amines is 2. The number of amides is 1. The zero-order valence-electron chi connectivity index (χ0n) is 17.4. The van der Waals surface area contributed by atoms with Gasteiger partial charge in [0.25, 0.3) is 5.89 Å². The standard InChI is InChI=1S/C21H19N9O2/c1-11-4-3-6-30-15(11)8-14(28-30)18-17-13(22-10-23-17)5-7-29(18)21(31)20-27-26-19(32-20)16-12(2)9-24-25-16/h3-4,6,8-10,18H,5,7H2,1-2H3,(H,22,23)(H,24,25)/t18-/m0/s1. The van der Waals surface area contributed by atoms with Gasteiger partial charge in [0.1, 0.15) is 6.04 Å². The number of H-pyrrole nitrogens is 2. The Morgan fingerprint density at radius 2 is 2.16 bits per heavy atom. The normalized spacial score (nSPS) is 15.9. The van der Waals surface area contributed by atoms with Crippen molar-refractivity contribution in [3.8, 4) is 11.6 Å². The molecule has 0 saturated heterocycles. The molecule has 0 unspecified atom stereocenters. The molecular formula is C21H19N9O2. The highest BCUT2D eigenvalue weighted by Crippen LogP contribution is 2.34. The van der Waals surface area contributed by atoms with Gasteiger partial charge in [-0.25, -0.2) is 9.50 Å². The van der Waals surface area contributed by atoms with Crippen LogP contribution in [-0.4, -0.2) is 57.3 Å². The molecule has 11 nitrogen and oxygen atoms in total. The Kier molecular flexibility index (Phi) is 3.97. The molecule has 1 aliphatic heterocycles. The van der Waals surface area contributed by atoms with Crippen molar-refractivity contribution >= 4 is 11.4 Å². The number of imidazole rings is 1. The molecule has 5 aromatic rings. The Morgan fingerprint density at radius 1 is 1.25 bits per heavy atom. The maximum atomic E-state index is 13.5.